The molecule has 0 bridgehead atoms. The summed E-state index contributed by atoms with van der Waals surface area (Å²) < 4.78 is 18.6. The van der Waals surface area contributed by atoms with Crippen molar-refractivity contribution in [2.45, 2.75) is 19.9 Å². The van der Waals surface area contributed by atoms with Crippen LogP contribution in [0, 0.1) is 5.82 Å². The molecular weight excluding hydrogens is 225 g/mol. The summed E-state index contributed by atoms with van der Waals surface area (Å²) in [6.07, 6.45) is 0. The van der Waals surface area contributed by atoms with Crippen molar-refractivity contribution in [1.82, 2.24) is 0 Å². The molecule has 0 amide bonds. The van der Waals surface area contributed by atoms with E-state index in [-0.39, 0.29) is 11.9 Å². The van der Waals surface area contributed by atoms with Crippen LogP contribution in [0.4, 0.5) is 4.39 Å². The average molecular weight is 243 g/mol. The smallest absolute Gasteiger partial charge is 0.127 e. The molecule has 0 aliphatic carbocycles. The summed E-state index contributed by atoms with van der Waals surface area (Å²) in [5.41, 5.74) is 6.64. The lowest BCUT2D eigenvalue weighted by molar-refractivity contribution is 0.336. The second kappa shape index (κ2) is 6.76. The van der Waals surface area contributed by atoms with Gasteiger partial charge in [0.25, 0.3) is 0 Å². The highest BCUT2D eigenvalue weighted by atomic mass is 32.2. The Morgan fingerprint density at radius 3 is 2.88 bits per heavy atom. The number of hydrogen-bond donors (Lipinski definition) is 1. The van der Waals surface area contributed by atoms with E-state index in [1.165, 1.54) is 12.1 Å². The van der Waals surface area contributed by atoms with Crippen LogP contribution >= 0.6 is 11.8 Å². The van der Waals surface area contributed by atoms with E-state index in [1.807, 2.05) is 6.92 Å². The van der Waals surface area contributed by atoms with Crippen molar-refractivity contribution >= 4 is 11.8 Å². The fourth-order valence-corrected chi connectivity index (χ4v) is 1.85. The first-order valence-electron chi connectivity index (χ1n) is 5.40. The van der Waals surface area contributed by atoms with Gasteiger partial charge in [-0.15, -0.1) is 0 Å². The van der Waals surface area contributed by atoms with Crippen LogP contribution in [-0.4, -0.2) is 18.1 Å². The summed E-state index contributed by atoms with van der Waals surface area (Å²) in [4.78, 5) is 0. The van der Waals surface area contributed by atoms with Crippen molar-refractivity contribution in [3.05, 3.63) is 29.6 Å². The predicted octanol–water partition coefficient (Wildman–Crippen LogP) is 2.98. The SMILES string of the molecule is CCSCCOc1cc(F)ccc1[C@@H](C)N. The Balaban J connectivity index is 2.65. The number of hydrogen-bond acceptors (Lipinski definition) is 3. The molecule has 0 radical (unpaired) electrons. The molecule has 4 heteroatoms. The van der Waals surface area contributed by atoms with E-state index in [0.717, 1.165) is 17.1 Å². The number of ether oxygens (including phenoxy) is 1. The highest BCUT2D eigenvalue weighted by molar-refractivity contribution is 7.99. The standard InChI is InChI=1S/C12H18FNOS/c1-3-16-7-6-15-12-8-10(13)4-5-11(12)9(2)14/h4-5,8-9H,3,6-7,14H2,1-2H3/t9-/m1/s1. The number of benzene rings is 1. The summed E-state index contributed by atoms with van der Waals surface area (Å²) in [6, 6.07) is 4.35. The van der Waals surface area contributed by atoms with Crippen LogP contribution in [-0.2, 0) is 0 Å². The second-order valence-electron chi connectivity index (χ2n) is 3.52. The predicted molar refractivity (Wildman–Crippen MR) is 67.5 cm³/mol. The third-order valence-corrected chi connectivity index (χ3v) is 3.02. The topological polar surface area (TPSA) is 35.2 Å². The zero-order valence-corrected chi connectivity index (χ0v) is 10.5. The highest BCUT2D eigenvalue weighted by Gasteiger charge is 2.09. The molecule has 0 fully saturated rings. The van der Waals surface area contributed by atoms with Gasteiger partial charge in [0.15, 0.2) is 0 Å². The molecule has 0 saturated carbocycles. The molecule has 1 atom stereocenters. The molecule has 0 unspecified atom stereocenters. The summed E-state index contributed by atoms with van der Waals surface area (Å²) in [6.45, 7) is 4.54. The first-order valence-corrected chi connectivity index (χ1v) is 6.56. The summed E-state index contributed by atoms with van der Waals surface area (Å²) >= 11 is 1.80. The van der Waals surface area contributed by atoms with Crippen LogP contribution in [0.15, 0.2) is 18.2 Å². The van der Waals surface area contributed by atoms with E-state index in [1.54, 1.807) is 17.8 Å². The molecule has 1 aromatic rings. The van der Waals surface area contributed by atoms with Gasteiger partial charge in [0.1, 0.15) is 11.6 Å². The molecule has 16 heavy (non-hydrogen) atoms. The van der Waals surface area contributed by atoms with Gasteiger partial charge in [0.05, 0.1) is 6.61 Å². The highest BCUT2D eigenvalue weighted by Crippen LogP contribution is 2.24. The number of thioether (sulfide) groups is 1. The number of halogens is 1. The van der Waals surface area contributed by atoms with E-state index in [2.05, 4.69) is 6.92 Å². The van der Waals surface area contributed by atoms with Gasteiger partial charge in [-0.1, -0.05) is 13.0 Å². The van der Waals surface area contributed by atoms with Crippen LogP contribution < -0.4 is 10.5 Å². The average Bonchev–Trinajstić information content (AvgIpc) is 2.24. The molecule has 0 saturated heterocycles. The van der Waals surface area contributed by atoms with Crippen molar-refractivity contribution in [3.8, 4) is 5.75 Å². The van der Waals surface area contributed by atoms with Crippen LogP contribution in [0.5, 0.6) is 5.75 Å². The minimum atomic E-state index is -0.289. The van der Waals surface area contributed by atoms with Gasteiger partial charge in [0, 0.05) is 23.4 Å². The minimum Gasteiger partial charge on any atom is -0.492 e. The Bertz CT molecular complexity index is 331. The molecule has 0 spiro atoms. The summed E-state index contributed by atoms with van der Waals surface area (Å²) in [7, 11) is 0. The maximum absolute atomic E-state index is 13.1. The Hall–Kier alpha value is -0.740. The monoisotopic (exact) mass is 243 g/mol. The zero-order valence-electron chi connectivity index (χ0n) is 9.70. The lowest BCUT2D eigenvalue weighted by Crippen LogP contribution is -2.09. The molecule has 0 aliphatic heterocycles. The van der Waals surface area contributed by atoms with Gasteiger partial charge >= 0.3 is 0 Å². The van der Waals surface area contributed by atoms with Crippen molar-refractivity contribution in [2.75, 3.05) is 18.1 Å². The van der Waals surface area contributed by atoms with Gasteiger partial charge in [-0.3, -0.25) is 0 Å². The maximum Gasteiger partial charge on any atom is 0.127 e. The molecule has 0 aromatic heterocycles. The molecule has 0 heterocycles. The van der Waals surface area contributed by atoms with E-state index in [0.29, 0.717) is 12.4 Å². The van der Waals surface area contributed by atoms with Crippen molar-refractivity contribution in [3.63, 3.8) is 0 Å². The molecule has 90 valence electrons. The fraction of sp³-hybridized carbons (Fsp3) is 0.500. The third kappa shape index (κ3) is 4.02. The van der Waals surface area contributed by atoms with Gasteiger partial charge < -0.3 is 10.5 Å². The zero-order chi connectivity index (χ0) is 12.0. The second-order valence-corrected chi connectivity index (χ2v) is 4.91. The molecular formula is C12H18FNOS. The molecule has 2 nitrogen and oxygen atoms in total. The van der Waals surface area contributed by atoms with Crippen LogP contribution in [0.1, 0.15) is 25.5 Å². The molecule has 1 aromatic carbocycles. The number of nitrogens with two attached hydrogens (primary N) is 1. The lowest BCUT2D eigenvalue weighted by Gasteiger charge is -2.13. The van der Waals surface area contributed by atoms with Crippen molar-refractivity contribution < 1.29 is 9.13 Å². The Kier molecular flexibility index (Phi) is 5.63. The van der Waals surface area contributed by atoms with Gasteiger partial charge in [-0.25, -0.2) is 4.39 Å². The largest absolute Gasteiger partial charge is 0.492 e. The molecule has 0 aliphatic rings. The number of rotatable bonds is 6. The first kappa shape index (κ1) is 13.3. The molecule has 1 rings (SSSR count). The normalized spacial score (nSPS) is 12.5. The van der Waals surface area contributed by atoms with E-state index in [4.69, 9.17) is 10.5 Å². The Labute approximate surface area is 100 Å². The Morgan fingerprint density at radius 2 is 2.25 bits per heavy atom. The molecule has 2 N–H and O–H groups in total. The van der Waals surface area contributed by atoms with Crippen LogP contribution in [0.25, 0.3) is 0 Å². The van der Waals surface area contributed by atoms with Crippen LogP contribution in [0.3, 0.4) is 0 Å². The van der Waals surface area contributed by atoms with E-state index >= 15 is 0 Å². The fourth-order valence-electron chi connectivity index (χ4n) is 1.36. The van der Waals surface area contributed by atoms with Crippen molar-refractivity contribution in [2.24, 2.45) is 5.73 Å². The minimum absolute atomic E-state index is 0.144. The summed E-state index contributed by atoms with van der Waals surface area (Å²) in [5, 5.41) is 0. The summed E-state index contributed by atoms with van der Waals surface area (Å²) in [5.74, 6) is 2.24. The lowest BCUT2D eigenvalue weighted by atomic mass is 10.1. The maximum atomic E-state index is 13.1. The quantitative estimate of drug-likeness (QED) is 0.780. The van der Waals surface area contributed by atoms with Crippen molar-refractivity contribution in [1.29, 1.82) is 0 Å². The van der Waals surface area contributed by atoms with E-state index < -0.39 is 0 Å². The third-order valence-electron chi connectivity index (χ3n) is 2.16. The van der Waals surface area contributed by atoms with Crippen LogP contribution in [0.2, 0.25) is 0 Å². The van der Waals surface area contributed by atoms with Gasteiger partial charge in [-0.05, 0) is 18.7 Å². The van der Waals surface area contributed by atoms with Gasteiger partial charge in [-0.2, -0.15) is 11.8 Å². The Morgan fingerprint density at radius 1 is 1.50 bits per heavy atom. The first-order chi connectivity index (χ1) is 7.65. The van der Waals surface area contributed by atoms with Gasteiger partial charge in [0.2, 0.25) is 0 Å². The van der Waals surface area contributed by atoms with E-state index in [9.17, 15) is 4.39 Å².